The fourth-order valence-corrected chi connectivity index (χ4v) is 2.17. The third kappa shape index (κ3) is 2.10. The molecule has 1 aromatic carbocycles. The first-order valence-corrected chi connectivity index (χ1v) is 5.85. The number of allylic oxidation sites excluding steroid dienone is 2. The molecule has 1 heteroatoms. The molecule has 2 rings (SSSR count). The maximum absolute atomic E-state index is 2.31. The number of hydrogen-bond donors (Lipinski definition) is 0. The largest absolute Gasteiger partial charge is 0.290 e. The quantitative estimate of drug-likeness (QED) is 0.661. The Morgan fingerprint density at radius 3 is 2.31 bits per heavy atom. The van der Waals surface area contributed by atoms with Gasteiger partial charge in [0.1, 0.15) is 11.7 Å². The summed E-state index contributed by atoms with van der Waals surface area (Å²) in [6.07, 6.45) is 9.96. The summed E-state index contributed by atoms with van der Waals surface area (Å²) in [5, 5.41) is 0. The Balaban J connectivity index is 2.27. The number of nitrogens with zero attached hydrogens (tertiary/aromatic N) is 1. The highest BCUT2D eigenvalue weighted by molar-refractivity contribution is 5.45. The molecule has 1 aliphatic carbocycles. The van der Waals surface area contributed by atoms with Gasteiger partial charge in [-0.1, -0.05) is 35.9 Å². The van der Waals surface area contributed by atoms with Crippen molar-refractivity contribution in [3.05, 3.63) is 54.1 Å². The maximum atomic E-state index is 2.31. The van der Waals surface area contributed by atoms with Crippen LogP contribution in [0.25, 0.3) is 0 Å². The van der Waals surface area contributed by atoms with E-state index in [9.17, 15) is 0 Å². The molecule has 1 aliphatic rings. The van der Waals surface area contributed by atoms with Gasteiger partial charge in [0.25, 0.3) is 0 Å². The monoisotopic (exact) mass is 214 g/mol. The predicted octanol–water partition coefficient (Wildman–Crippen LogP) is 3.45. The molecule has 1 aromatic rings. The fourth-order valence-electron chi connectivity index (χ4n) is 2.17. The zero-order valence-electron chi connectivity index (χ0n) is 10.4. The van der Waals surface area contributed by atoms with Gasteiger partial charge in [-0.05, 0) is 25.1 Å². The van der Waals surface area contributed by atoms with E-state index in [-0.39, 0.29) is 0 Å². The van der Waals surface area contributed by atoms with E-state index in [1.165, 1.54) is 11.3 Å². The third-order valence-corrected chi connectivity index (χ3v) is 3.49. The summed E-state index contributed by atoms with van der Waals surface area (Å²) in [6.45, 7) is 2.13. The van der Waals surface area contributed by atoms with Crippen LogP contribution in [0, 0.1) is 6.92 Å². The predicted molar refractivity (Wildman–Crippen MR) is 71.5 cm³/mol. The highest BCUT2D eigenvalue weighted by Crippen LogP contribution is 2.26. The van der Waals surface area contributed by atoms with Gasteiger partial charge in [0.05, 0.1) is 14.1 Å². The Morgan fingerprint density at radius 2 is 1.75 bits per heavy atom. The Kier molecular flexibility index (Phi) is 2.97. The van der Waals surface area contributed by atoms with Crippen molar-refractivity contribution < 1.29 is 0 Å². The summed E-state index contributed by atoms with van der Waals surface area (Å²) in [5.74, 6) is 0. The van der Waals surface area contributed by atoms with Crippen LogP contribution in [0.3, 0.4) is 0 Å². The molecule has 0 saturated heterocycles. The molecule has 0 aliphatic heterocycles. The normalized spacial score (nSPS) is 20.1. The summed E-state index contributed by atoms with van der Waals surface area (Å²) in [7, 11) is 4.55. The standard InChI is InChI=1S/C15H20N/c1-13-9-11-15(12-10-13)16(2,3)14-7-5-4-6-8-14/h4-7,9-12,14H,8H2,1-3H3/q+1. The van der Waals surface area contributed by atoms with E-state index in [1.54, 1.807) is 0 Å². The van der Waals surface area contributed by atoms with E-state index < -0.39 is 0 Å². The van der Waals surface area contributed by atoms with Gasteiger partial charge in [-0.15, -0.1) is 0 Å². The molecule has 0 N–H and O–H groups in total. The lowest BCUT2D eigenvalue weighted by molar-refractivity contribution is 0.337. The lowest BCUT2D eigenvalue weighted by Gasteiger charge is -2.36. The molecule has 1 unspecified atom stereocenters. The molecular formula is C15H20N+. The minimum atomic E-state index is 0.549. The molecule has 1 nitrogen and oxygen atoms in total. The van der Waals surface area contributed by atoms with Crippen molar-refractivity contribution in [2.45, 2.75) is 19.4 Å². The van der Waals surface area contributed by atoms with Gasteiger partial charge >= 0.3 is 0 Å². The minimum absolute atomic E-state index is 0.549. The molecule has 0 amide bonds. The zero-order valence-corrected chi connectivity index (χ0v) is 10.4. The number of aryl methyl sites for hydroxylation is 1. The second kappa shape index (κ2) is 4.26. The zero-order chi connectivity index (χ0) is 11.6. The number of rotatable bonds is 2. The maximum Gasteiger partial charge on any atom is 0.132 e. The summed E-state index contributed by atoms with van der Waals surface area (Å²) in [4.78, 5) is 0. The van der Waals surface area contributed by atoms with Crippen LogP contribution < -0.4 is 4.48 Å². The van der Waals surface area contributed by atoms with Gasteiger partial charge in [-0.2, -0.15) is 0 Å². The van der Waals surface area contributed by atoms with Gasteiger partial charge in [-0.3, -0.25) is 4.48 Å². The molecule has 0 fully saturated rings. The summed E-state index contributed by atoms with van der Waals surface area (Å²) in [6, 6.07) is 9.41. The van der Waals surface area contributed by atoms with Crippen LogP contribution in [0.2, 0.25) is 0 Å². The van der Waals surface area contributed by atoms with Crippen molar-refractivity contribution in [1.29, 1.82) is 0 Å². The van der Waals surface area contributed by atoms with Crippen molar-refractivity contribution in [2.24, 2.45) is 0 Å². The molecule has 1 atom stereocenters. The molecule has 16 heavy (non-hydrogen) atoms. The average molecular weight is 214 g/mol. The fraction of sp³-hybridized carbons (Fsp3) is 0.333. The third-order valence-electron chi connectivity index (χ3n) is 3.49. The van der Waals surface area contributed by atoms with Crippen LogP contribution in [0.5, 0.6) is 0 Å². The number of benzene rings is 1. The van der Waals surface area contributed by atoms with Gasteiger partial charge in [-0.25, -0.2) is 0 Å². The highest BCUT2D eigenvalue weighted by atomic mass is 15.3. The Labute approximate surface area is 98.3 Å². The molecule has 0 spiro atoms. The van der Waals surface area contributed by atoms with Crippen molar-refractivity contribution in [3.63, 3.8) is 0 Å². The first-order valence-electron chi connectivity index (χ1n) is 5.85. The first kappa shape index (κ1) is 11.2. The van der Waals surface area contributed by atoms with Crippen molar-refractivity contribution in [1.82, 2.24) is 4.48 Å². The van der Waals surface area contributed by atoms with E-state index in [1.807, 2.05) is 0 Å². The van der Waals surface area contributed by atoms with Gasteiger partial charge in [0.2, 0.25) is 0 Å². The SMILES string of the molecule is Cc1ccc([N+](C)(C)C2C=CC=CC2)cc1. The molecule has 0 radical (unpaired) electrons. The molecule has 84 valence electrons. The van der Waals surface area contributed by atoms with Crippen LogP contribution in [0.1, 0.15) is 12.0 Å². The van der Waals surface area contributed by atoms with E-state index >= 15 is 0 Å². The first-order chi connectivity index (χ1) is 7.60. The van der Waals surface area contributed by atoms with Crippen LogP contribution in [-0.4, -0.2) is 20.1 Å². The van der Waals surface area contributed by atoms with Crippen LogP contribution >= 0.6 is 0 Å². The van der Waals surface area contributed by atoms with E-state index in [0.717, 1.165) is 10.9 Å². The van der Waals surface area contributed by atoms with Gasteiger partial charge in [0.15, 0.2) is 0 Å². The van der Waals surface area contributed by atoms with E-state index in [0.29, 0.717) is 6.04 Å². The second-order valence-electron chi connectivity index (χ2n) is 4.99. The van der Waals surface area contributed by atoms with Crippen molar-refractivity contribution in [3.8, 4) is 0 Å². The molecule has 0 heterocycles. The number of likely N-dealkylation sites (N-methyl/N-ethyl adjacent to an activating group) is 1. The summed E-state index contributed by atoms with van der Waals surface area (Å²) in [5.41, 5.74) is 2.69. The minimum Gasteiger partial charge on any atom is -0.290 e. The smallest absolute Gasteiger partial charge is 0.132 e. The Hall–Kier alpha value is -1.34. The molecule has 0 aromatic heterocycles. The van der Waals surface area contributed by atoms with Gasteiger partial charge < -0.3 is 0 Å². The summed E-state index contributed by atoms with van der Waals surface area (Å²) < 4.78 is 0.918. The number of hydrogen-bond acceptors (Lipinski definition) is 0. The van der Waals surface area contributed by atoms with E-state index in [4.69, 9.17) is 0 Å². The highest BCUT2D eigenvalue weighted by Gasteiger charge is 2.28. The van der Waals surface area contributed by atoms with Crippen molar-refractivity contribution in [2.75, 3.05) is 14.1 Å². The molecular weight excluding hydrogens is 194 g/mol. The Bertz CT molecular complexity index is 410. The number of quaternary nitrogens is 1. The lowest BCUT2D eigenvalue weighted by atomic mass is 10.0. The van der Waals surface area contributed by atoms with Gasteiger partial charge in [0, 0.05) is 6.42 Å². The second-order valence-corrected chi connectivity index (χ2v) is 4.99. The van der Waals surface area contributed by atoms with Crippen molar-refractivity contribution >= 4 is 5.69 Å². The summed E-state index contributed by atoms with van der Waals surface area (Å²) >= 11 is 0. The van der Waals surface area contributed by atoms with Crippen LogP contribution in [0.15, 0.2) is 48.6 Å². The lowest BCUT2D eigenvalue weighted by Crippen LogP contribution is -2.49. The topological polar surface area (TPSA) is 0 Å². The van der Waals surface area contributed by atoms with Crippen LogP contribution in [-0.2, 0) is 0 Å². The average Bonchev–Trinajstić information content (AvgIpc) is 2.31. The van der Waals surface area contributed by atoms with E-state index in [2.05, 4.69) is 69.6 Å². The van der Waals surface area contributed by atoms with Crippen LogP contribution in [0.4, 0.5) is 5.69 Å². The molecule has 0 bridgehead atoms. The molecule has 0 saturated carbocycles. The Morgan fingerprint density at radius 1 is 1.06 bits per heavy atom.